The van der Waals surface area contributed by atoms with E-state index in [1.54, 1.807) is 23.5 Å². The fourth-order valence-electron chi connectivity index (χ4n) is 2.45. The van der Waals surface area contributed by atoms with Gasteiger partial charge in [-0.25, -0.2) is 0 Å². The molecule has 0 spiro atoms. The number of halogens is 2. The van der Waals surface area contributed by atoms with Gasteiger partial charge in [0.05, 0.1) is 12.8 Å². The van der Waals surface area contributed by atoms with Gasteiger partial charge < -0.3 is 4.74 Å². The third kappa shape index (κ3) is 3.58. The normalized spacial score (nSPS) is 12.8. The van der Waals surface area contributed by atoms with Gasteiger partial charge in [0.1, 0.15) is 5.75 Å². The highest BCUT2D eigenvalue weighted by Crippen LogP contribution is 2.30. The topological polar surface area (TPSA) is 52.3 Å². The summed E-state index contributed by atoms with van der Waals surface area (Å²) in [5.41, 5.74) is 2.92. The highest BCUT2D eigenvalue weighted by Gasteiger charge is 2.20. The van der Waals surface area contributed by atoms with Crippen LogP contribution in [0.4, 0.5) is 0 Å². The second kappa shape index (κ2) is 7.59. The van der Waals surface area contributed by atoms with Crippen LogP contribution in [0.5, 0.6) is 5.75 Å². The molecule has 2 heterocycles. The number of fused-ring (bicyclic) bond motifs is 1. The summed E-state index contributed by atoms with van der Waals surface area (Å²) in [5, 5.41) is 14.8. The van der Waals surface area contributed by atoms with Crippen LogP contribution in [0.15, 0.2) is 58.8 Å². The zero-order chi connectivity index (χ0) is 16.5. The molecule has 128 valence electrons. The van der Waals surface area contributed by atoms with Crippen molar-refractivity contribution in [1.29, 1.82) is 0 Å². The summed E-state index contributed by atoms with van der Waals surface area (Å²) >= 11 is 7.58. The number of hydrogen-bond acceptors (Lipinski definition) is 5. The van der Waals surface area contributed by atoms with Crippen molar-refractivity contribution in [1.82, 2.24) is 14.9 Å². The fourth-order valence-corrected chi connectivity index (χ4v) is 3.42. The lowest BCUT2D eigenvalue weighted by Gasteiger charge is -2.14. The summed E-state index contributed by atoms with van der Waals surface area (Å²) < 4.78 is 7.07. The predicted molar refractivity (Wildman–Crippen MR) is 106 cm³/mol. The van der Waals surface area contributed by atoms with Crippen LogP contribution in [0.3, 0.4) is 0 Å². The van der Waals surface area contributed by atoms with E-state index in [0.717, 1.165) is 33.5 Å². The number of benzene rings is 2. The van der Waals surface area contributed by atoms with E-state index in [2.05, 4.69) is 10.2 Å². The van der Waals surface area contributed by atoms with Crippen molar-refractivity contribution < 1.29 is 4.74 Å². The molecular formula is C17H14BrClN4OS. The molecule has 4 rings (SSSR count). The molecule has 0 atom stereocenters. The molecule has 0 bridgehead atoms. The number of ether oxygens (including phenoxy) is 1. The molecule has 5 nitrogen and oxygen atoms in total. The molecule has 0 saturated carbocycles. The predicted octanol–water partition coefficient (Wildman–Crippen LogP) is 4.54. The van der Waals surface area contributed by atoms with E-state index >= 15 is 0 Å². The molecule has 0 fully saturated rings. The van der Waals surface area contributed by atoms with Crippen molar-refractivity contribution in [3.63, 3.8) is 0 Å². The zero-order valence-corrected chi connectivity index (χ0v) is 16.5. The molecule has 0 saturated heterocycles. The van der Waals surface area contributed by atoms with E-state index in [1.165, 1.54) is 0 Å². The van der Waals surface area contributed by atoms with Crippen LogP contribution < -0.4 is 4.74 Å². The van der Waals surface area contributed by atoms with Gasteiger partial charge in [-0.3, -0.25) is 0 Å². The first-order valence-corrected chi connectivity index (χ1v) is 8.67. The smallest absolute Gasteiger partial charge is 0.212 e. The van der Waals surface area contributed by atoms with Crippen molar-refractivity contribution in [3.8, 4) is 17.1 Å². The first kappa shape index (κ1) is 18.0. The van der Waals surface area contributed by atoms with Gasteiger partial charge in [-0.1, -0.05) is 47.6 Å². The summed E-state index contributed by atoms with van der Waals surface area (Å²) in [5.74, 6) is 2.22. The summed E-state index contributed by atoms with van der Waals surface area (Å²) in [6.45, 7) is 0. The third-order valence-electron chi connectivity index (χ3n) is 3.68. The van der Waals surface area contributed by atoms with Crippen molar-refractivity contribution in [2.45, 2.75) is 5.16 Å². The Morgan fingerprint density at radius 1 is 1.08 bits per heavy atom. The highest BCUT2D eigenvalue weighted by atomic mass is 79.9. The Morgan fingerprint density at radius 2 is 1.88 bits per heavy atom. The minimum absolute atomic E-state index is 0. The van der Waals surface area contributed by atoms with Crippen LogP contribution in [0.1, 0.15) is 5.56 Å². The number of methoxy groups -OCH3 is 1. The van der Waals surface area contributed by atoms with Crippen molar-refractivity contribution in [2.75, 3.05) is 12.9 Å². The quantitative estimate of drug-likeness (QED) is 0.603. The standard InChI is InChI=1S/C17H13ClN4OS.BrH/c1-23-14-4-2-3-12(9-14)16-19-20-17-22(16)21-15(10-24-17)11-5-7-13(18)8-6-11;/h2-9H,10H2,1H3;1H. The molecule has 1 aromatic heterocycles. The van der Waals surface area contributed by atoms with Gasteiger partial charge in [0.25, 0.3) is 0 Å². The van der Waals surface area contributed by atoms with Gasteiger partial charge in [-0.2, -0.15) is 9.78 Å². The SMILES string of the molecule is Br.COc1cccc(-c2nnc3n2N=C(c2ccc(Cl)cc2)CS3)c1. The van der Waals surface area contributed by atoms with Crippen molar-refractivity contribution in [2.24, 2.45) is 5.10 Å². The van der Waals surface area contributed by atoms with Gasteiger partial charge in [0.15, 0.2) is 5.82 Å². The Balaban J connectivity index is 0.00000182. The molecule has 0 amide bonds. The average molecular weight is 438 g/mol. The van der Waals surface area contributed by atoms with Crippen LogP contribution in [0.2, 0.25) is 5.02 Å². The van der Waals surface area contributed by atoms with Gasteiger partial charge in [-0.05, 0) is 29.8 Å². The number of aromatic nitrogens is 3. The number of rotatable bonds is 3. The molecule has 8 heteroatoms. The van der Waals surface area contributed by atoms with Gasteiger partial charge in [-0.15, -0.1) is 27.2 Å². The zero-order valence-electron chi connectivity index (χ0n) is 13.2. The van der Waals surface area contributed by atoms with Gasteiger partial charge in [0.2, 0.25) is 5.16 Å². The Kier molecular flexibility index (Phi) is 5.46. The lowest BCUT2D eigenvalue weighted by atomic mass is 10.1. The van der Waals surface area contributed by atoms with E-state index < -0.39 is 0 Å². The molecule has 3 aromatic rings. The Morgan fingerprint density at radius 3 is 2.64 bits per heavy atom. The van der Waals surface area contributed by atoms with E-state index in [9.17, 15) is 0 Å². The third-order valence-corrected chi connectivity index (χ3v) is 4.86. The monoisotopic (exact) mass is 436 g/mol. The maximum absolute atomic E-state index is 5.97. The second-order valence-electron chi connectivity index (χ2n) is 5.19. The largest absolute Gasteiger partial charge is 0.497 e. The number of hydrogen-bond donors (Lipinski definition) is 0. The summed E-state index contributed by atoms with van der Waals surface area (Å²) in [6.07, 6.45) is 0. The van der Waals surface area contributed by atoms with Crippen LogP contribution in [0, 0.1) is 0 Å². The number of thioether (sulfide) groups is 1. The minimum atomic E-state index is 0. The Hall–Kier alpha value is -1.83. The summed E-state index contributed by atoms with van der Waals surface area (Å²) in [4.78, 5) is 0. The maximum atomic E-state index is 5.97. The Bertz CT molecular complexity index is 927. The van der Waals surface area contributed by atoms with E-state index in [0.29, 0.717) is 10.8 Å². The highest BCUT2D eigenvalue weighted by molar-refractivity contribution is 8.93. The first-order chi connectivity index (χ1) is 11.7. The van der Waals surface area contributed by atoms with Crippen molar-refractivity contribution in [3.05, 3.63) is 59.1 Å². The van der Waals surface area contributed by atoms with Gasteiger partial charge >= 0.3 is 0 Å². The minimum Gasteiger partial charge on any atom is -0.497 e. The molecule has 2 aromatic carbocycles. The average Bonchev–Trinajstić information content (AvgIpc) is 3.05. The summed E-state index contributed by atoms with van der Waals surface area (Å²) in [6, 6.07) is 15.4. The first-order valence-electron chi connectivity index (χ1n) is 7.31. The molecule has 0 aliphatic carbocycles. The summed E-state index contributed by atoms with van der Waals surface area (Å²) in [7, 11) is 1.64. The molecule has 1 aliphatic heterocycles. The molecule has 0 unspecified atom stereocenters. The van der Waals surface area contributed by atoms with Crippen LogP contribution in [-0.2, 0) is 0 Å². The molecule has 1 aliphatic rings. The number of nitrogens with zero attached hydrogens (tertiary/aromatic N) is 4. The van der Waals surface area contributed by atoms with Crippen molar-refractivity contribution >= 4 is 46.1 Å². The van der Waals surface area contributed by atoms with E-state index in [1.807, 2.05) is 48.5 Å². The lowest BCUT2D eigenvalue weighted by molar-refractivity contribution is 0.415. The fraction of sp³-hybridized carbons (Fsp3) is 0.118. The van der Waals surface area contributed by atoms with E-state index in [4.69, 9.17) is 21.4 Å². The lowest BCUT2D eigenvalue weighted by Crippen LogP contribution is -2.13. The van der Waals surface area contributed by atoms with Crippen LogP contribution in [-0.4, -0.2) is 33.4 Å². The molecule has 0 N–H and O–H groups in total. The second-order valence-corrected chi connectivity index (χ2v) is 6.57. The molecule has 25 heavy (non-hydrogen) atoms. The van der Waals surface area contributed by atoms with E-state index in [-0.39, 0.29) is 17.0 Å². The molecule has 0 radical (unpaired) electrons. The maximum Gasteiger partial charge on any atom is 0.212 e. The van der Waals surface area contributed by atoms with Crippen LogP contribution in [0.25, 0.3) is 11.4 Å². The van der Waals surface area contributed by atoms with Crippen LogP contribution >= 0.6 is 40.3 Å². The molecular weight excluding hydrogens is 424 g/mol. The Labute approximate surface area is 164 Å². The van der Waals surface area contributed by atoms with Gasteiger partial charge in [0, 0.05) is 16.3 Å².